The number of Topliss-reactive ketones (excluding diaryl/α,β-unsaturated/α-hetero) is 1. The number of fused-ring (bicyclic) bond motifs is 1. The van der Waals surface area contributed by atoms with Gasteiger partial charge in [-0.3, -0.25) is 4.79 Å². The number of halogens is 6. The fourth-order valence-corrected chi connectivity index (χ4v) is 3.73. The van der Waals surface area contributed by atoms with Gasteiger partial charge in [-0.15, -0.1) is 0 Å². The van der Waals surface area contributed by atoms with Crippen LogP contribution in [0.4, 0.5) is 32.0 Å². The summed E-state index contributed by atoms with van der Waals surface area (Å²) in [6.45, 7) is 6.83. The third-order valence-electron chi connectivity index (χ3n) is 3.55. The Hall–Kier alpha value is -2.87. The molecule has 4 nitrogen and oxygen atoms in total. The molecule has 1 heterocycles. The molecule has 0 fully saturated rings. The lowest BCUT2D eigenvalue weighted by molar-refractivity contribution is -0.139. The van der Waals surface area contributed by atoms with Gasteiger partial charge in [0.05, 0.1) is 22.6 Å². The Labute approximate surface area is 149 Å². The van der Waals surface area contributed by atoms with E-state index in [2.05, 4.69) is 4.85 Å². The van der Waals surface area contributed by atoms with E-state index >= 15 is 0 Å². The van der Waals surface area contributed by atoms with Gasteiger partial charge in [-0.1, -0.05) is 0 Å². The first kappa shape index (κ1) is 18.9. The molecule has 0 aromatic heterocycles. The third kappa shape index (κ3) is 3.06. The molecule has 0 saturated carbocycles. The van der Waals surface area contributed by atoms with Gasteiger partial charge in [0.25, 0.3) is 5.78 Å². The molecule has 0 aliphatic carbocycles. The van der Waals surface area contributed by atoms with Crippen LogP contribution in [-0.4, -0.2) is 15.2 Å². The van der Waals surface area contributed by atoms with Gasteiger partial charge in [-0.05, 0) is 24.3 Å². The normalized spacial score (nSPS) is 18.1. The minimum Gasteiger partial charge on any atom is -0.458 e. The number of alkyl halides is 5. The zero-order chi connectivity index (χ0) is 20.1. The van der Waals surface area contributed by atoms with Crippen molar-refractivity contribution in [1.29, 1.82) is 0 Å². The van der Waals surface area contributed by atoms with Crippen LogP contribution in [0, 0.1) is 12.4 Å². The highest BCUT2D eigenvalue weighted by atomic mass is 32.2. The number of carbonyl (C=O) groups excluding carboxylic acids is 1. The maximum Gasteiger partial charge on any atom is 0.417 e. The zero-order valence-electron chi connectivity index (χ0n) is 12.7. The fraction of sp³-hybridized carbons (Fsp3) is 0.125. The van der Waals surface area contributed by atoms with Crippen LogP contribution < -0.4 is 4.74 Å². The standard InChI is InChI=1S/C16H5F6NO3S/c1-23-8-4-7(17)5-9(6-8)26-11-3-2-10(15(18,19)20)13-12(11)14(24)16(21,22)27(13)25/h2-6H. The van der Waals surface area contributed by atoms with E-state index in [9.17, 15) is 35.3 Å². The highest BCUT2D eigenvalue weighted by Gasteiger charge is 2.58. The van der Waals surface area contributed by atoms with Gasteiger partial charge in [0.15, 0.2) is 5.69 Å². The van der Waals surface area contributed by atoms with Crippen molar-refractivity contribution in [1.82, 2.24) is 0 Å². The van der Waals surface area contributed by atoms with Gasteiger partial charge < -0.3 is 4.74 Å². The molecule has 1 aliphatic heterocycles. The second-order valence-corrected chi connectivity index (χ2v) is 6.75. The van der Waals surface area contributed by atoms with Gasteiger partial charge in [0.2, 0.25) is 0 Å². The zero-order valence-corrected chi connectivity index (χ0v) is 13.6. The molecular weight excluding hydrogens is 400 g/mol. The quantitative estimate of drug-likeness (QED) is 0.517. The number of hydrogen-bond donors (Lipinski definition) is 0. The van der Waals surface area contributed by atoms with E-state index < -0.39 is 61.4 Å². The van der Waals surface area contributed by atoms with E-state index in [-0.39, 0.29) is 5.69 Å². The number of hydrogen-bond acceptors (Lipinski definition) is 3. The second kappa shape index (κ2) is 6.09. The molecule has 2 aromatic rings. The molecule has 11 heteroatoms. The lowest BCUT2D eigenvalue weighted by atomic mass is 10.1. The summed E-state index contributed by atoms with van der Waals surface area (Å²) in [5, 5.41) is -4.56. The highest BCUT2D eigenvalue weighted by molar-refractivity contribution is 7.87. The molecule has 140 valence electrons. The molecule has 0 saturated heterocycles. The van der Waals surface area contributed by atoms with Crippen molar-refractivity contribution in [3.8, 4) is 11.5 Å². The number of rotatable bonds is 2. The van der Waals surface area contributed by atoms with Crippen LogP contribution in [0.25, 0.3) is 4.85 Å². The number of nitrogens with zero attached hydrogens (tertiary/aromatic N) is 1. The van der Waals surface area contributed by atoms with Crippen LogP contribution in [0.2, 0.25) is 0 Å². The summed E-state index contributed by atoms with van der Waals surface area (Å²) in [5.74, 6) is -4.19. The molecule has 0 spiro atoms. The average molecular weight is 405 g/mol. The lowest BCUT2D eigenvalue weighted by Crippen LogP contribution is -2.26. The van der Waals surface area contributed by atoms with Gasteiger partial charge in [-0.25, -0.2) is 13.4 Å². The average Bonchev–Trinajstić information content (AvgIpc) is 2.75. The summed E-state index contributed by atoms with van der Waals surface area (Å²) < 4.78 is 97.3. The van der Waals surface area contributed by atoms with Gasteiger partial charge in [-0.2, -0.15) is 22.0 Å². The summed E-state index contributed by atoms with van der Waals surface area (Å²) in [6.07, 6.45) is -5.14. The van der Waals surface area contributed by atoms with Crippen molar-refractivity contribution >= 4 is 22.3 Å². The molecule has 1 atom stereocenters. The van der Waals surface area contributed by atoms with Crippen LogP contribution in [0.5, 0.6) is 11.5 Å². The monoisotopic (exact) mass is 405 g/mol. The molecule has 1 aliphatic rings. The molecule has 0 radical (unpaired) electrons. The molecule has 27 heavy (non-hydrogen) atoms. The summed E-state index contributed by atoms with van der Waals surface area (Å²) in [7, 11) is -3.58. The van der Waals surface area contributed by atoms with Gasteiger partial charge in [0, 0.05) is 6.07 Å². The Kier molecular flexibility index (Phi) is 4.26. The van der Waals surface area contributed by atoms with Crippen molar-refractivity contribution < 1.29 is 40.1 Å². The highest BCUT2D eigenvalue weighted by Crippen LogP contribution is 2.48. The Morgan fingerprint density at radius 1 is 1.15 bits per heavy atom. The van der Waals surface area contributed by atoms with Crippen molar-refractivity contribution in [2.75, 3.05) is 0 Å². The Balaban J connectivity index is 2.21. The van der Waals surface area contributed by atoms with E-state index in [4.69, 9.17) is 11.3 Å². The Morgan fingerprint density at radius 3 is 2.41 bits per heavy atom. The number of carbonyl (C=O) groups is 1. The van der Waals surface area contributed by atoms with E-state index in [1.807, 2.05) is 0 Å². The first-order chi connectivity index (χ1) is 12.5. The molecule has 2 aromatic carbocycles. The summed E-state index contributed by atoms with van der Waals surface area (Å²) in [4.78, 5) is 13.5. The van der Waals surface area contributed by atoms with E-state index in [0.29, 0.717) is 12.1 Å². The van der Waals surface area contributed by atoms with Crippen LogP contribution in [0.1, 0.15) is 15.9 Å². The maximum absolute atomic E-state index is 13.8. The van der Waals surface area contributed by atoms with Crippen LogP contribution in [0.3, 0.4) is 0 Å². The maximum atomic E-state index is 13.8. The largest absolute Gasteiger partial charge is 0.458 e. The van der Waals surface area contributed by atoms with Gasteiger partial charge >= 0.3 is 11.4 Å². The first-order valence-electron chi connectivity index (χ1n) is 6.91. The SMILES string of the molecule is [C-]#[N+]c1cc(F)cc(Oc2ccc(C(F)(F)F)c3c2C(=O)C(F)(F)S3=O)c1. The van der Waals surface area contributed by atoms with E-state index in [1.54, 1.807) is 0 Å². The smallest absolute Gasteiger partial charge is 0.417 e. The predicted octanol–water partition coefficient (Wildman–Crippen LogP) is 5.08. The van der Waals surface area contributed by atoms with Crippen molar-refractivity contribution in [2.45, 2.75) is 16.3 Å². The van der Waals surface area contributed by atoms with Crippen molar-refractivity contribution in [3.05, 3.63) is 58.7 Å². The minimum absolute atomic E-state index is 0.228. The predicted molar refractivity (Wildman–Crippen MR) is 79.9 cm³/mol. The van der Waals surface area contributed by atoms with Crippen LogP contribution in [-0.2, 0) is 17.0 Å². The Bertz CT molecular complexity index is 1040. The molecule has 3 rings (SSSR count). The second-order valence-electron chi connectivity index (χ2n) is 5.29. The minimum atomic E-state index is -5.14. The van der Waals surface area contributed by atoms with Crippen LogP contribution >= 0.6 is 0 Å². The molecule has 0 bridgehead atoms. The van der Waals surface area contributed by atoms with E-state index in [1.165, 1.54) is 0 Å². The van der Waals surface area contributed by atoms with Crippen molar-refractivity contribution in [3.63, 3.8) is 0 Å². The number of ether oxygens (including phenoxy) is 1. The van der Waals surface area contributed by atoms with E-state index in [0.717, 1.165) is 18.2 Å². The number of benzene rings is 2. The molecule has 0 N–H and O–H groups in total. The topological polar surface area (TPSA) is 47.7 Å². The molecule has 0 amide bonds. The first-order valence-corrected chi connectivity index (χ1v) is 8.06. The van der Waals surface area contributed by atoms with Gasteiger partial charge in [0.1, 0.15) is 28.1 Å². The molecular formula is C16H5F6NO3S. The summed E-state index contributed by atoms with van der Waals surface area (Å²) in [5.41, 5.74) is -3.08. The third-order valence-corrected chi connectivity index (χ3v) is 4.99. The number of ketones is 1. The Morgan fingerprint density at radius 2 is 1.81 bits per heavy atom. The van der Waals surface area contributed by atoms with Crippen LogP contribution in [0.15, 0.2) is 35.2 Å². The summed E-state index contributed by atoms with van der Waals surface area (Å²) in [6, 6.07) is 3.52. The fourth-order valence-electron chi connectivity index (χ4n) is 2.44. The summed E-state index contributed by atoms with van der Waals surface area (Å²) >= 11 is 0. The molecule has 1 unspecified atom stereocenters. The van der Waals surface area contributed by atoms with Crippen molar-refractivity contribution in [2.24, 2.45) is 0 Å². The lowest BCUT2D eigenvalue weighted by Gasteiger charge is -2.14.